The monoisotopic (exact) mass is 333 g/mol. The van der Waals surface area contributed by atoms with Crippen molar-refractivity contribution in [3.8, 4) is 0 Å². The number of aromatic nitrogens is 2. The van der Waals surface area contributed by atoms with Gasteiger partial charge < -0.3 is 0 Å². The van der Waals surface area contributed by atoms with Crippen LogP contribution in [-0.2, 0) is 16.6 Å². The van der Waals surface area contributed by atoms with Gasteiger partial charge in [0.25, 0.3) is 0 Å². The number of sulfonamides is 1. The summed E-state index contributed by atoms with van der Waals surface area (Å²) in [5.41, 5.74) is 0. The van der Waals surface area contributed by atoms with E-state index in [1.165, 1.54) is 10.9 Å². The van der Waals surface area contributed by atoms with Crippen molar-refractivity contribution < 1.29 is 21.6 Å². The standard InChI is InChI=1S/C10H15ClF3N3O2S/c1-2-4-17(8-10(12,13)14)20(18,19)9-6-15-16(7-9)5-3-11/h6-7H,2-5,8H2,1H3. The fraction of sp³-hybridized carbons (Fsp3) is 0.700. The molecule has 1 heterocycles. The topological polar surface area (TPSA) is 55.2 Å². The predicted molar refractivity (Wildman–Crippen MR) is 68.1 cm³/mol. The number of hydrogen-bond acceptors (Lipinski definition) is 3. The van der Waals surface area contributed by atoms with Gasteiger partial charge in [0.1, 0.15) is 11.4 Å². The average molecular weight is 334 g/mol. The maximum atomic E-state index is 12.5. The highest BCUT2D eigenvalue weighted by atomic mass is 35.5. The van der Waals surface area contributed by atoms with E-state index in [0.717, 1.165) is 6.20 Å². The third kappa shape index (κ3) is 4.64. The quantitative estimate of drug-likeness (QED) is 0.718. The normalized spacial score (nSPS) is 13.1. The van der Waals surface area contributed by atoms with Crippen molar-refractivity contribution in [2.75, 3.05) is 19.0 Å². The molecular formula is C10H15ClF3N3O2S. The second-order valence-corrected chi connectivity index (χ2v) is 6.40. The van der Waals surface area contributed by atoms with E-state index in [4.69, 9.17) is 11.6 Å². The third-order valence-electron chi connectivity index (χ3n) is 2.39. The zero-order chi connectivity index (χ0) is 15.4. The predicted octanol–water partition coefficient (Wildman–Crippen LogP) is 2.08. The van der Waals surface area contributed by atoms with E-state index < -0.39 is 22.7 Å². The van der Waals surface area contributed by atoms with Gasteiger partial charge in [-0.25, -0.2) is 8.42 Å². The van der Waals surface area contributed by atoms with Gasteiger partial charge >= 0.3 is 6.18 Å². The summed E-state index contributed by atoms with van der Waals surface area (Å²) >= 11 is 5.49. The lowest BCUT2D eigenvalue weighted by Crippen LogP contribution is -2.39. The van der Waals surface area contributed by atoms with E-state index in [9.17, 15) is 21.6 Å². The molecule has 0 aliphatic carbocycles. The molecule has 1 rings (SSSR count). The van der Waals surface area contributed by atoms with Crippen LogP contribution in [0.5, 0.6) is 0 Å². The number of hydrogen-bond donors (Lipinski definition) is 0. The van der Waals surface area contributed by atoms with Crippen molar-refractivity contribution in [1.29, 1.82) is 0 Å². The van der Waals surface area contributed by atoms with Crippen LogP contribution in [0.1, 0.15) is 13.3 Å². The first-order valence-electron chi connectivity index (χ1n) is 5.86. The van der Waals surface area contributed by atoms with E-state index in [1.807, 2.05) is 0 Å². The first-order valence-corrected chi connectivity index (χ1v) is 7.83. The van der Waals surface area contributed by atoms with E-state index in [1.54, 1.807) is 6.92 Å². The second-order valence-electron chi connectivity index (χ2n) is 4.08. The SMILES string of the molecule is CCCN(CC(F)(F)F)S(=O)(=O)c1cnn(CCCl)c1. The number of aryl methyl sites for hydroxylation is 1. The van der Waals surface area contributed by atoms with Gasteiger partial charge in [0.2, 0.25) is 10.0 Å². The van der Waals surface area contributed by atoms with Crippen LogP contribution in [0.3, 0.4) is 0 Å². The minimum atomic E-state index is -4.59. The van der Waals surface area contributed by atoms with Gasteiger partial charge in [0.15, 0.2) is 0 Å². The van der Waals surface area contributed by atoms with E-state index in [0.29, 0.717) is 4.31 Å². The van der Waals surface area contributed by atoms with Crippen LogP contribution in [-0.4, -0.2) is 47.6 Å². The Morgan fingerprint density at radius 1 is 1.45 bits per heavy atom. The molecule has 0 aliphatic heterocycles. The van der Waals surface area contributed by atoms with Crippen LogP contribution in [0.25, 0.3) is 0 Å². The summed E-state index contributed by atoms with van der Waals surface area (Å²) in [7, 11) is -4.21. The molecule has 5 nitrogen and oxygen atoms in total. The molecular weight excluding hydrogens is 319 g/mol. The minimum absolute atomic E-state index is 0.206. The first-order chi connectivity index (χ1) is 9.20. The number of halogens is 4. The molecule has 10 heteroatoms. The minimum Gasteiger partial charge on any atom is -0.270 e. The van der Waals surface area contributed by atoms with Gasteiger partial charge in [-0.15, -0.1) is 11.6 Å². The maximum absolute atomic E-state index is 12.5. The van der Waals surface area contributed by atoms with E-state index in [2.05, 4.69) is 5.10 Å². The first kappa shape index (κ1) is 17.3. The zero-order valence-corrected chi connectivity index (χ0v) is 12.3. The second kappa shape index (κ2) is 6.77. The Bertz CT molecular complexity index is 530. The lowest BCUT2D eigenvalue weighted by Gasteiger charge is -2.21. The van der Waals surface area contributed by atoms with Crippen LogP contribution >= 0.6 is 11.6 Å². The molecule has 0 N–H and O–H groups in total. The van der Waals surface area contributed by atoms with E-state index in [-0.39, 0.29) is 30.3 Å². The van der Waals surface area contributed by atoms with Crippen molar-refractivity contribution in [3.63, 3.8) is 0 Å². The van der Waals surface area contributed by atoms with Gasteiger partial charge in [-0.1, -0.05) is 6.92 Å². The molecule has 0 saturated heterocycles. The molecule has 0 atom stereocenters. The van der Waals surface area contributed by atoms with Crippen LogP contribution in [0, 0.1) is 0 Å². The highest BCUT2D eigenvalue weighted by Gasteiger charge is 2.37. The summed E-state index contributed by atoms with van der Waals surface area (Å²) < 4.78 is 63.4. The Hall–Kier alpha value is -0.800. The number of nitrogens with zero attached hydrogens (tertiary/aromatic N) is 3. The van der Waals surface area contributed by atoms with Crippen molar-refractivity contribution in [1.82, 2.24) is 14.1 Å². The summed E-state index contributed by atoms with van der Waals surface area (Å²) in [5.74, 6) is 0.225. The highest BCUT2D eigenvalue weighted by molar-refractivity contribution is 7.89. The molecule has 0 saturated carbocycles. The number of rotatable bonds is 7. The van der Waals surface area contributed by atoms with Gasteiger partial charge in [0.05, 0.1) is 12.7 Å². The summed E-state index contributed by atoms with van der Waals surface area (Å²) in [5, 5.41) is 3.76. The molecule has 0 fully saturated rings. The molecule has 0 bridgehead atoms. The Balaban J connectivity index is 3.02. The Labute approximate surface area is 120 Å². The van der Waals surface area contributed by atoms with Crippen molar-refractivity contribution >= 4 is 21.6 Å². The molecule has 1 aromatic rings. The Kier molecular flexibility index (Phi) is 5.84. The average Bonchev–Trinajstić information content (AvgIpc) is 2.76. The van der Waals surface area contributed by atoms with Crippen LogP contribution in [0.2, 0.25) is 0 Å². The molecule has 0 spiro atoms. The molecule has 1 aromatic heterocycles. The largest absolute Gasteiger partial charge is 0.402 e. The lowest BCUT2D eigenvalue weighted by molar-refractivity contribution is -0.136. The third-order valence-corrected chi connectivity index (χ3v) is 4.36. The van der Waals surface area contributed by atoms with Crippen LogP contribution < -0.4 is 0 Å². The highest BCUT2D eigenvalue weighted by Crippen LogP contribution is 2.22. The maximum Gasteiger partial charge on any atom is 0.402 e. The molecule has 0 radical (unpaired) electrons. The smallest absolute Gasteiger partial charge is 0.270 e. The zero-order valence-electron chi connectivity index (χ0n) is 10.8. The molecule has 0 aliphatic rings. The Morgan fingerprint density at radius 2 is 2.10 bits per heavy atom. The van der Waals surface area contributed by atoms with Gasteiger partial charge in [-0.2, -0.15) is 22.6 Å². The lowest BCUT2D eigenvalue weighted by atomic mass is 10.5. The van der Waals surface area contributed by atoms with Gasteiger partial charge in [-0.05, 0) is 6.42 Å². The molecule has 0 unspecified atom stereocenters. The van der Waals surface area contributed by atoms with Crippen molar-refractivity contribution in [2.45, 2.75) is 31.0 Å². The van der Waals surface area contributed by atoms with Crippen LogP contribution in [0.4, 0.5) is 13.2 Å². The van der Waals surface area contributed by atoms with Gasteiger partial charge in [-0.3, -0.25) is 4.68 Å². The van der Waals surface area contributed by atoms with Gasteiger partial charge in [0, 0.05) is 18.6 Å². The summed E-state index contributed by atoms with van der Waals surface area (Å²) in [6.45, 7) is 0.173. The fourth-order valence-corrected chi connectivity index (χ4v) is 3.22. The van der Waals surface area contributed by atoms with Crippen molar-refractivity contribution in [2.24, 2.45) is 0 Å². The van der Waals surface area contributed by atoms with Crippen LogP contribution in [0.15, 0.2) is 17.3 Å². The molecule has 20 heavy (non-hydrogen) atoms. The van der Waals surface area contributed by atoms with E-state index >= 15 is 0 Å². The summed E-state index contributed by atoms with van der Waals surface area (Å²) in [6, 6.07) is 0. The summed E-state index contributed by atoms with van der Waals surface area (Å²) in [4.78, 5) is -0.264. The molecule has 116 valence electrons. The fourth-order valence-electron chi connectivity index (χ4n) is 1.57. The molecule has 0 aromatic carbocycles. The summed E-state index contributed by atoms with van der Waals surface area (Å²) in [6.07, 6.45) is -2.10. The van der Waals surface area contributed by atoms with Crippen molar-refractivity contribution in [3.05, 3.63) is 12.4 Å². The molecule has 0 amide bonds. The Morgan fingerprint density at radius 3 is 2.60 bits per heavy atom. The number of alkyl halides is 4.